The third kappa shape index (κ3) is 2.37. The molecule has 3 aliphatic rings. The van der Waals surface area contributed by atoms with E-state index in [4.69, 9.17) is 5.84 Å². The molecule has 1 aromatic rings. The van der Waals surface area contributed by atoms with Crippen LogP contribution in [0, 0.1) is 5.92 Å². The Balaban J connectivity index is 1.79. The lowest BCUT2D eigenvalue weighted by Gasteiger charge is -2.45. The molecule has 3 fully saturated rings. The molecule has 6 heteroatoms. The van der Waals surface area contributed by atoms with E-state index in [9.17, 15) is 0 Å². The van der Waals surface area contributed by atoms with Gasteiger partial charge in [0.25, 0.3) is 0 Å². The maximum Gasteiger partial charge on any atom is 0.148 e. The summed E-state index contributed by atoms with van der Waals surface area (Å²) in [6.45, 7) is 5.73. The fraction of sp³-hybridized carbons (Fsp3) is 0.692. The number of hydrogen-bond acceptors (Lipinski definition) is 6. The molecule has 3 saturated heterocycles. The molecule has 0 aromatic carbocycles. The van der Waals surface area contributed by atoms with Gasteiger partial charge in [0.15, 0.2) is 0 Å². The summed E-state index contributed by atoms with van der Waals surface area (Å²) in [6, 6.07) is 0.508. The van der Waals surface area contributed by atoms with Crippen molar-refractivity contribution in [3.63, 3.8) is 0 Å². The maximum atomic E-state index is 5.51. The zero-order valence-corrected chi connectivity index (χ0v) is 11.4. The van der Waals surface area contributed by atoms with Gasteiger partial charge in [0.1, 0.15) is 18.0 Å². The van der Waals surface area contributed by atoms with Crippen molar-refractivity contribution in [2.75, 3.05) is 30.4 Å². The first-order chi connectivity index (χ1) is 9.31. The molecular formula is C13H22N6. The van der Waals surface area contributed by atoms with Crippen LogP contribution in [0.4, 0.5) is 11.6 Å². The Bertz CT molecular complexity index is 441. The second kappa shape index (κ2) is 5.30. The zero-order chi connectivity index (χ0) is 13.2. The van der Waals surface area contributed by atoms with Gasteiger partial charge in [-0.3, -0.25) is 0 Å². The molecule has 1 unspecified atom stereocenters. The fourth-order valence-electron chi connectivity index (χ4n) is 3.30. The van der Waals surface area contributed by atoms with E-state index in [0.29, 0.717) is 6.04 Å². The molecule has 2 bridgehead atoms. The normalized spacial score (nSPS) is 29.3. The van der Waals surface area contributed by atoms with Gasteiger partial charge in [0.05, 0.1) is 0 Å². The summed E-state index contributed by atoms with van der Waals surface area (Å²) in [5.41, 5.74) is 3.73. The van der Waals surface area contributed by atoms with Crippen LogP contribution in [0.3, 0.4) is 0 Å². The van der Waals surface area contributed by atoms with Gasteiger partial charge in [-0.25, -0.2) is 15.8 Å². The molecule has 6 nitrogen and oxygen atoms in total. The minimum absolute atomic E-state index is 0.508. The standard InChI is InChI=1S/C13H22N6/c1-2-10-12(15-8-16-13(10)18-14)17-11-7-19-5-3-9(11)4-6-19/h8-9,11H,2-7,14H2,1H3,(H2,15,16,17,18). The first-order valence-electron chi connectivity index (χ1n) is 7.11. The number of hydrazine groups is 1. The second-order valence-electron chi connectivity index (χ2n) is 5.44. The lowest BCUT2D eigenvalue weighted by atomic mass is 9.84. The predicted molar refractivity (Wildman–Crippen MR) is 75.8 cm³/mol. The molecule has 1 atom stereocenters. The van der Waals surface area contributed by atoms with E-state index in [1.165, 1.54) is 25.9 Å². The summed E-state index contributed by atoms with van der Waals surface area (Å²) in [6.07, 6.45) is 5.03. The molecule has 0 saturated carbocycles. The molecule has 4 N–H and O–H groups in total. The Hall–Kier alpha value is -1.40. The van der Waals surface area contributed by atoms with E-state index in [0.717, 1.165) is 36.1 Å². The van der Waals surface area contributed by atoms with E-state index in [2.05, 4.69) is 32.5 Å². The second-order valence-corrected chi connectivity index (χ2v) is 5.44. The third-order valence-electron chi connectivity index (χ3n) is 4.41. The van der Waals surface area contributed by atoms with Gasteiger partial charge in [-0.05, 0) is 38.3 Å². The van der Waals surface area contributed by atoms with Crippen LogP contribution in [0.25, 0.3) is 0 Å². The topological polar surface area (TPSA) is 79.1 Å². The van der Waals surface area contributed by atoms with E-state index in [1.807, 2.05) is 0 Å². The minimum Gasteiger partial charge on any atom is -0.365 e. The summed E-state index contributed by atoms with van der Waals surface area (Å²) in [5.74, 6) is 7.95. The Morgan fingerprint density at radius 1 is 1.32 bits per heavy atom. The van der Waals surface area contributed by atoms with Gasteiger partial charge in [0, 0.05) is 18.2 Å². The monoisotopic (exact) mass is 262 g/mol. The highest BCUT2D eigenvalue weighted by Gasteiger charge is 2.34. The number of nitrogen functional groups attached to an aromatic ring is 1. The largest absolute Gasteiger partial charge is 0.365 e. The molecule has 4 rings (SSSR count). The predicted octanol–water partition coefficient (Wildman–Crippen LogP) is 0.831. The van der Waals surface area contributed by atoms with Crippen molar-refractivity contribution in [2.24, 2.45) is 11.8 Å². The van der Waals surface area contributed by atoms with Crippen molar-refractivity contribution < 1.29 is 0 Å². The number of aromatic nitrogens is 2. The first kappa shape index (κ1) is 12.6. The van der Waals surface area contributed by atoms with Gasteiger partial charge in [0.2, 0.25) is 0 Å². The van der Waals surface area contributed by atoms with Gasteiger partial charge in [-0.1, -0.05) is 6.92 Å². The fourth-order valence-corrected chi connectivity index (χ4v) is 3.30. The minimum atomic E-state index is 0.508. The Labute approximate surface area is 113 Å². The van der Waals surface area contributed by atoms with Crippen LogP contribution in [-0.2, 0) is 6.42 Å². The van der Waals surface area contributed by atoms with Gasteiger partial charge < -0.3 is 15.6 Å². The van der Waals surface area contributed by atoms with Crippen molar-refractivity contribution in [1.82, 2.24) is 14.9 Å². The Morgan fingerprint density at radius 3 is 2.63 bits per heavy atom. The summed E-state index contributed by atoms with van der Waals surface area (Å²) in [5, 5.41) is 3.62. The zero-order valence-electron chi connectivity index (χ0n) is 11.4. The molecule has 104 valence electrons. The van der Waals surface area contributed by atoms with E-state index >= 15 is 0 Å². The first-order valence-corrected chi connectivity index (χ1v) is 7.11. The molecule has 19 heavy (non-hydrogen) atoms. The molecular weight excluding hydrogens is 240 g/mol. The molecule has 0 amide bonds. The maximum absolute atomic E-state index is 5.51. The lowest BCUT2D eigenvalue weighted by Crippen LogP contribution is -2.53. The van der Waals surface area contributed by atoms with Crippen LogP contribution in [-0.4, -0.2) is 40.5 Å². The quantitative estimate of drug-likeness (QED) is 0.551. The van der Waals surface area contributed by atoms with Crippen LogP contribution >= 0.6 is 0 Å². The molecule has 0 spiro atoms. The van der Waals surface area contributed by atoms with Crippen molar-refractivity contribution in [3.05, 3.63) is 11.9 Å². The smallest absolute Gasteiger partial charge is 0.148 e. The number of rotatable bonds is 4. The van der Waals surface area contributed by atoms with E-state index < -0.39 is 0 Å². The van der Waals surface area contributed by atoms with Crippen LogP contribution in [0.5, 0.6) is 0 Å². The van der Waals surface area contributed by atoms with E-state index in [-0.39, 0.29) is 0 Å². The van der Waals surface area contributed by atoms with Gasteiger partial charge in [-0.15, -0.1) is 0 Å². The number of fused-ring (bicyclic) bond motifs is 3. The van der Waals surface area contributed by atoms with Gasteiger partial charge >= 0.3 is 0 Å². The molecule has 1 aromatic heterocycles. The average molecular weight is 262 g/mol. The van der Waals surface area contributed by atoms with Crippen molar-refractivity contribution >= 4 is 11.6 Å². The molecule has 4 heterocycles. The highest BCUT2D eigenvalue weighted by molar-refractivity contribution is 5.57. The number of piperidine rings is 3. The molecule has 0 radical (unpaired) electrons. The van der Waals surface area contributed by atoms with Crippen molar-refractivity contribution in [3.8, 4) is 0 Å². The van der Waals surface area contributed by atoms with Crippen LogP contribution in [0.15, 0.2) is 6.33 Å². The highest BCUT2D eigenvalue weighted by Crippen LogP contribution is 2.30. The average Bonchev–Trinajstić information content (AvgIpc) is 2.48. The Kier molecular flexibility index (Phi) is 3.52. The summed E-state index contributed by atoms with van der Waals surface area (Å²) < 4.78 is 0. The number of anilines is 2. The van der Waals surface area contributed by atoms with Crippen molar-refractivity contribution in [2.45, 2.75) is 32.2 Å². The number of hydrogen-bond donors (Lipinski definition) is 3. The molecule has 3 aliphatic heterocycles. The lowest BCUT2D eigenvalue weighted by molar-refractivity contribution is 0.0973. The van der Waals surface area contributed by atoms with Crippen LogP contribution in [0.1, 0.15) is 25.3 Å². The SMILES string of the molecule is CCc1c(NN)ncnc1NC1CN2CCC1CC2. The summed E-state index contributed by atoms with van der Waals surface area (Å²) in [7, 11) is 0. The number of nitrogens with two attached hydrogens (primary N) is 1. The number of nitrogens with zero attached hydrogens (tertiary/aromatic N) is 3. The summed E-state index contributed by atoms with van der Waals surface area (Å²) >= 11 is 0. The Morgan fingerprint density at radius 2 is 2.05 bits per heavy atom. The van der Waals surface area contributed by atoms with Crippen molar-refractivity contribution in [1.29, 1.82) is 0 Å². The van der Waals surface area contributed by atoms with Gasteiger partial charge in [-0.2, -0.15) is 0 Å². The summed E-state index contributed by atoms with van der Waals surface area (Å²) in [4.78, 5) is 11.1. The third-order valence-corrected chi connectivity index (χ3v) is 4.41. The van der Waals surface area contributed by atoms with E-state index in [1.54, 1.807) is 6.33 Å². The number of nitrogens with one attached hydrogen (secondary N) is 2. The van der Waals surface area contributed by atoms with Crippen LogP contribution in [0.2, 0.25) is 0 Å². The highest BCUT2D eigenvalue weighted by atomic mass is 15.3. The molecule has 0 aliphatic carbocycles. The van der Waals surface area contributed by atoms with Crippen LogP contribution < -0.4 is 16.6 Å².